The van der Waals surface area contributed by atoms with Gasteiger partial charge in [0.2, 0.25) is 0 Å². The van der Waals surface area contributed by atoms with Crippen LogP contribution in [0.15, 0.2) is 169 Å². The summed E-state index contributed by atoms with van der Waals surface area (Å²) in [7, 11) is 0. The van der Waals surface area contributed by atoms with Crippen LogP contribution in [-0.4, -0.2) is 34.4 Å². The third-order valence-electron chi connectivity index (χ3n) is 7.82. The third-order valence-corrected chi connectivity index (χ3v) is 10.2. The van der Waals surface area contributed by atoms with Crippen molar-refractivity contribution in [3.63, 3.8) is 0 Å². The summed E-state index contributed by atoms with van der Waals surface area (Å²) in [5, 5.41) is 1.88. The maximum atomic E-state index is 8.63. The Hall–Kier alpha value is -6.00. The van der Waals surface area contributed by atoms with Crippen molar-refractivity contribution in [2.45, 2.75) is 0 Å². The molecule has 0 fully saturated rings. The van der Waals surface area contributed by atoms with Gasteiger partial charge in [-0.25, -0.2) is 4.98 Å². The maximum absolute atomic E-state index is 8.63. The van der Waals surface area contributed by atoms with Gasteiger partial charge in [-0.05, 0) is 0 Å². The Morgan fingerprint density at radius 1 is 0.408 bits per heavy atom. The Labute approximate surface area is 311 Å². The Balaban J connectivity index is 1.16. The zero-order valence-corrected chi connectivity index (χ0v) is 26.9. The van der Waals surface area contributed by atoms with Crippen molar-refractivity contribution in [3.8, 4) is 66.5 Å². The van der Waals surface area contributed by atoms with Gasteiger partial charge < -0.3 is 0 Å². The minimum atomic E-state index is -0.632. The Morgan fingerprint density at radius 2 is 0.878 bits per heavy atom. The molecule has 49 heavy (non-hydrogen) atoms. The molecule has 2 aromatic heterocycles. The molecule has 7 aromatic carbocycles. The van der Waals surface area contributed by atoms with Crippen LogP contribution < -0.4 is 0 Å². The van der Waals surface area contributed by atoms with E-state index in [1.807, 2.05) is 54.6 Å². The molecule has 9 aromatic rings. The van der Waals surface area contributed by atoms with Crippen LogP contribution in [0.25, 0.3) is 87.1 Å². The van der Waals surface area contributed by atoms with Gasteiger partial charge in [0.25, 0.3) is 0 Å². The number of aromatic nitrogens is 4. The molecule has 230 valence electrons. The van der Waals surface area contributed by atoms with Crippen LogP contribution >= 0.6 is 0 Å². The van der Waals surface area contributed by atoms with E-state index in [4.69, 9.17) is 25.5 Å². The molecular weight excluding hydrogens is 663 g/mol. The molecular formula is C44H28N4Se. The molecule has 2 heterocycles. The van der Waals surface area contributed by atoms with Gasteiger partial charge in [0.15, 0.2) is 11.6 Å². The first kappa shape index (κ1) is 17.4. The molecule has 4 nitrogen and oxygen atoms in total. The molecule has 0 unspecified atom stereocenters. The molecule has 0 saturated carbocycles. The molecule has 0 saturated heterocycles. The van der Waals surface area contributed by atoms with Crippen molar-refractivity contribution in [2.24, 2.45) is 0 Å². The summed E-state index contributed by atoms with van der Waals surface area (Å²) in [4.78, 5) is 18.2. The van der Waals surface area contributed by atoms with E-state index in [-0.39, 0.29) is 46.2 Å². The van der Waals surface area contributed by atoms with E-state index in [0.717, 1.165) is 37.3 Å². The van der Waals surface area contributed by atoms with Crippen LogP contribution in [0, 0.1) is 0 Å². The number of fused-ring (bicyclic) bond motifs is 3. The minimum Gasteiger partial charge on any atom is -0.208 e. The molecule has 0 radical (unpaired) electrons. The smallest absolute Gasteiger partial charge is 0.208 e. The van der Waals surface area contributed by atoms with Gasteiger partial charge in [0, 0.05) is 11.1 Å². The predicted molar refractivity (Wildman–Crippen MR) is 202 cm³/mol. The molecule has 0 N–H and O–H groups in total. The van der Waals surface area contributed by atoms with Crippen molar-refractivity contribution in [2.75, 3.05) is 0 Å². The van der Waals surface area contributed by atoms with Crippen molar-refractivity contribution in [1.82, 2.24) is 19.9 Å². The van der Waals surface area contributed by atoms with E-state index in [9.17, 15) is 0 Å². The third kappa shape index (κ3) is 5.76. The van der Waals surface area contributed by atoms with E-state index in [2.05, 4.69) is 21.0 Å². The normalized spacial score (nSPS) is 15.6. The molecule has 0 aliphatic heterocycles. The van der Waals surface area contributed by atoms with Gasteiger partial charge in [-0.1, -0.05) is 60.4 Å². The van der Waals surface area contributed by atoms with Crippen LogP contribution in [0.5, 0.6) is 0 Å². The zero-order valence-electron chi connectivity index (χ0n) is 40.2. The van der Waals surface area contributed by atoms with Crippen molar-refractivity contribution in [3.05, 3.63) is 169 Å². The van der Waals surface area contributed by atoms with Gasteiger partial charge in [-0.3, -0.25) is 0 Å². The average Bonchev–Trinajstić information content (AvgIpc) is 3.74. The van der Waals surface area contributed by atoms with Crippen molar-refractivity contribution < 1.29 is 20.6 Å². The fourth-order valence-electron chi connectivity index (χ4n) is 5.52. The Bertz CT molecular complexity index is 3310. The number of nitrogens with zero attached hydrogens (tertiary/aromatic N) is 4. The van der Waals surface area contributed by atoms with Gasteiger partial charge in [-0.2, -0.15) is 0 Å². The summed E-state index contributed by atoms with van der Waals surface area (Å²) in [5.74, 6) is -0.760. The van der Waals surface area contributed by atoms with Crippen molar-refractivity contribution >= 4 is 35.1 Å². The summed E-state index contributed by atoms with van der Waals surface area (Å²) in [6.45, 7) is 0. The van der Waals surface area contributed by atoms with Gasteiger partial charge in [-0.15, -0.1) is 0 Å². The van der Waals surface area contributed by atoms with Gasteiger partial charge >= 0.3 is 210 Å². The first-order valence-corrected chi connectivity index (χ1v) is 16.7. The Kier molecular flexibility index (Phi) is 4.46. The number of rotatable bonds is 6. The second-order valence-corrected chi connectivity index (χ2v) is 12.9. The predicted octanol–water partition coefficient (Wildman–Crippen LogP) is 10.6. The SMILES string of the molecule is [2H]c1c([2H])c([2H])c(-c2nc(-c3cccc(-c4cccc(-c5ccc6ccc7nc(-c8c([2H])c([2H])c([2H])c([2H])c8[2H])[se]c7c6c5)c4)c3)nc(-c3c([2H])c([2H])c([2H])c([2H])c3[2H])n2)c([2H])c1[2H]. The summed E-state index contributed by atoms with van der Waals surface area (Å²) in [6, 6.07) is 16.7. The first-order valence-electron chi connectivity index (χ1n) is 22.5. The molecule has 0 aliphatic carbocycles. The monoisotopic (exact) mass is 707 g/mol. The van der Waals surface area contributed by atoms with Crippen LogP contribution in [0.4, 0.5) is 0 Å². The fraction of sp³-hybridized carbons (Fsp3) is 0. The zero-order chi connectivity index (χ0) is 45.6. The van der Waals surface area contributed by atoms with E-state index in [0.29, 0.717) is 15.6 Å². The second-order valence-electron chi connectivity index (χ2n) is 10.8. The summed E-state index contributed by atoms with van der Waals surface area (Å²) < 4.78 is 127. The first-order chi connectivity index (χ1) is 30.5. The average molecular weight is 707 g/mol. The second kappa shape index (κ2) is 12.6. The summed E-state index contributed by atoms with van der Waals surface area (Å²) in [6.07, 6.45) is 0. The topological polar surface area (TPSA) is 51.6 Å². The minimum absolute atomic E-state index is 0.0490. The Morgan fingerprint density at radius 3 is 1.47 bits per heavy atom. The number of benzene rings is 7. The van der Waals surface area contributed by atoms with E-state index < -0.39 is 93.1 Å². The van der Waals surface area contributed by atoms with Crippen LogP contribution in [0.2, 0.25) is 0 Å². The molecule has 0 atom stereocenters. The summed E-state index contributed by atoms with van der Waals surface area (Å²) in [5.41, 5.74) is 3.73. The van der Waals surface area contributed by atoms with Crippen LogP contribution in [0.3, 0.4) is 0 Å². The van der Waals surface area contributed by atoms with E-state index >= 15 is 0 Å². The van der Waals surface area contributed by atoms with Gasteiger partial charge in [0.05, 0.1) is 13.7 Å². The molecule has 0 aliphatic rings. The van der Waals surface area contributed by atoms with Gasteiger partial charge in [0.1, 0.15) is 0 Å². The molecule has 9 rings (SSSR count). The molecule has 0 spiro atoms. The molecule has 0 bridgehead atoms. The van der Waals surface area contributed by atoms with Crippen LogP contribution in [0.1, 0.15) is 20.6 Å². The quantitative estimate of drug-likeness (QED) is 0.162. The standard InChI is InChI=1S/C44H28N4Se/c1-4-12-30(13-5-1)41-46-42(31-14-6-2-7-15-31)48-43(47-41)37-21-11-20-35(27-37)33-18-10-19-34(26-33)36-23-22-29-24-25-39-40(38(29)28-36)49-44(45-39)32-16-8-3-9-17-32/h1-28H/i1D,2D,3D,4D,5D,6D,7D,8D,9D,12D,13D,14D,15D,16D,17D. The van der Waals surface area contributed by atoms with Crippen molar-refractivity contribution in [1.29, 1.82) is 0 Å². The van der Waals surface area contributed by atoms with Crippen LogP contribution in [-0.2, 0) is 0 Å². The van der Waals surface area contributed by atoms with E-state index in [1.165, 1.54) is 0 Å². The fourth-order valence-corrected chi connectivity index (χ4v) is 7.71. The van der Waals surface area contributed by atoms with E-state index in [1.54, 1.807) is 18.2 Å². The number of hydrogen-bond acceptors (Lipinski definition) is 4. The molecule has 0 amide bonds. The molecule has 5 heteroatoms. The number of hydrogen-bond donors (Lipinski definition) is 0. The summed E-state index contributed by atoms with van der Waals surface area (Å²) >= 11 is -0.469.